The maximum absolute atomic E-state index is 9.17. The van der Waals surface area contributed by atoms with Gasteiger partial charge < -0.3 is 5.11 Å². The van der Waals surface area contributed by atoms with Crippen LogP contribution in [0.4, 0.5) is 0 Å². The zero-order valence-corrected chi connectivity index (χ0v) is 10.9. The van der Waals surface area contributed by atoms with E-state index in [1.165, 1.54) is 10.5 Å². The summed E-state index contributed by atoms with van der Waals surface area (Å²) < 4.78 is 0. The second kappa shape index (κ2) is 6.92. The van der Waals surface area contributed by atoms with Crippen molar-refractivity contribution in [2.45, 2.75) is 11.3 Å². The molecule has 0 aliphatic heterocycles. The van der Waals surface area contributed by atoms with Crippen molar-refractivity contribution in [1.82, 2.24) is 0 Å². The monoisotopic (exact) mass is 256 g/mol. The van der Waals surface area contributed by atoms with Crippen molar-refractivity contribution in [2.24, 2.45) is 0 Å². The van der Waals surface area contributed by atoms with Gasteiger partial charge in [0.05, 0.1) is 0 Å². The first kappa shape index (κ1) is 12.8. The van der Waals surface area contributed by atoms with Gasteiger partial charge in [-0.1, -0.05) is 42.5 Å². The molecular formula is C16H16OS. The van der Waals surface area contributed by atoms with E-state index in [1.807, 2.05) is 30.3 Å². The molecule has 18 heavy (non-hydrogen) atoms. The third kappa shape index (κ3) is 4.30. The second-order valence-corrected chi connectivity index (χ2v) is 5.11. The van der Waals surface area contributed by atoms with E-state index in [0.29, 0.717) is 5.75 Å². The number of phenols is 1. The van der Waals surface area contributed by atoms with Crippen LogP contribution in [0.3, 0.4) is 0 Å². The average Bonchev–Trinajstić information content (AvgIpc) is 2.42. The number of benzene rings is 2. The Balaban J connectivity index is 1.73. The highest BCUT2D eigenvalue weighted by atomic mass is 32.2. The number of phenolic OH excluding ortho intramolecular Hbond substituents is 1. The van der Waals surface area contributed by atoms with Crippen molar-refractivity contribution >= 4 is 17.8 Å². The van der Waals surface area contributed by atoms with Crippen LogP contribution in [0, 0.1) is 0 Å². The molecule has 2 aromatic carbocycles. The SMILES string of the molecule is Oc1ccc(SCCC=Cc2ccccc2)cc1. The summed E-state index contributed by atoms with van der Waals surface area (Å²) in [7, 11) is 0. The van der Waals surface area contributed by atoms with Gasteiger partial charge in [0.2, 0.25) is 0 Å². The van der Waals surface area contributed by atoms with Crippen LogP contribution in [0.2, 0.25) is 0 Å². The number of allylic oxidation sites excluding steroid dienone is 1. The van der Waals surface area contributed by atoms with Crippen LogP contribution >= 0.6 is 11.8 Å². The molecule has 0 heterocycles. The largest absolute Gasteiger partial charge is 0.508 e. The lowest BCUT2D eigenvalue weighted by Gasteiger charge is -1.99. The van der Waals surface area contributed by atoms with Crippen molar-refractivity contribution in [3.63, 3.8) is 0 Å². The summed E-state index contributed by atoms with van der Waals surface area (Å²) >= 11 is 1.80. The van der Waals surface area contributed by atoms with Crippen LogP contribution < -0.4 is 0 Å². The van der Waals surface area contributed by atoms with Gasteiger partial charge in [0.1, 0.15) is 5.75 Å². The molecule has 0 aliphatic rings. The highest BCUT2D eigenvalue weighted by Crippen LogP contribution is 2.21. The van der Waals surface area contributed by atoms with E-state index in [1.54, 1.807) is 23.9 Å². The summed E-state index contributed by atoms with van der Waals surface area (Å²) in [6.07, 6.45) is 5.39. The molecule has 0 saturated carbocycles. The summed E-state index contributed by atoms with van der Waals surface area (Å²) in [6.45, 7) is 0. The van der Waals surface area contributed by atoms with Crippen LogP contribution in [0.5, 0.6) is 5.75 Å². The smallest absolute Gasteiger partial charge is 0.115 e. The Morgan fingerprint density at radius 1 is 0.944 bits per heavy atom. The van der Waals surface area contributed by atoms with Crippen molar-refractivity contribution < 1.29 is 5.11 Å². The fraction of sp³-hybridized carbons (Fsp3) is 0.125. The molecule has 0 amide bonds. The molecular weight excluding hydrogens is 240 g/mol. The van der Waals surface area contributed by atoms with E-state index in [-0.39, 0.29) is 0 Å². The average molecular weight is 256 g/mol. The number of rotatable bonds is 5. The van der Waals surface area contributed by atoms with E-state index >= 15 is 0 Å². The fourth-order valence-electron chi connectivity index (χ4n) is 1.57. The molecule has 1 nitrogen and oxygen atoms in total. The number of hydrogen-bond acceptors (Lipinski definition) is 2. The van der Waals surface area contributed by atoms with Crippen LogP contribution in [-0.2, 0) is 0 Å². The highest BCUT2D eigenvalue weighted by molar-refractivity contribution is 7.99. The molecule has 0 unspecified atom stereocenters. The first-order valence-electron chi connectivity index (χ1n) is 5.98. The lowest BCUT2D eigenvalue weighted by molar-refractivity contribution is 0.475. The topological polar surface area (TPSA) is 20.2 Å². The number of thioether (sulfide) groups is 1. The molecule has 0 atom stereocenters. The molecule has 0 spiro atoms. The van der Waals surface area contributed by atoms with Crippen LogP contribution in [0.25, 0.3) is 6.08 Å². The summed E-state index contributed by atoms with van der Waals surface area (Å²) in [5, 5.41) is 9.17. The van der Waals surface area contributed by atoms with Gasteiger partial charge >= 0.3 is 0 Å². The van der Waals surface area contributed by atoms with E-state index in [9.17, 15) is 5.11 Å². The van der Waals surface area contributed by atoms with Gasteiger partial charge in [-0.15, -0.1) is 11.8 Å². The molecule has 1 N–H and O–H groups in total. The van der Waals surface area contributed by atoms with Gasteiger partial charge in [0.25, 0.3) is 0 Å². The Kier molecular flexibility index (Phi) is 4.91. The van der Waals surface area contributed by atoms with Crippen molar-refractivity contribution in [3.8, 4) is 5.75 Å². The molecule has 0 aliphatic carbocycles. The standard InChI is InChI=1S/C16H16OS/c17-15-9-11-16(12-10-15)18-13-5-4-8-14-6-2-1-3-7-14/h1-4,6-12,17H,5,13H2. The fourth-order valence-corrected chi connectivity index (χ4v) is 2.39. The third-order valence-electron chi connectivity index (χ3n) is 2.50. The lowest BCUT2D eigenvalue weighted by atomic mass is 10.2. The Morgan fingerprint density at radius 2 is 1.67 bits per heavy atom. The molecule has 0 aromatic heterocycles. The van der Waals surface area contributed by atoms with E-state index in [2.05, 4.69) is 24.3 Å². The first-order chi connectivity index (χ1) is 8.84. The molecule has 0 bridgehead atoms. The Hall–Kier alpha value is -1.67. The molecule has 2 rings (SSSR count). The van der Waals surface area contributed by atoms with Gasteiger partial charge in [-0.25, -0.2) is 0 Å². The van der Waals surface area contributed by atoms with Crippen molar-refractivity contribution in [1.29, 1.82) is 0 Å². The van der Waals surface area contributed by atoms with Crippen LogP contribution in [0.15, 0.2) is 65.6 Å². The third-order valence-corrected chi connectivity index (χ3v) is 3.55. The zero-order chi connectivity index (χ0) is 12.6. The highest BCUT2D eigenvalue weighted by Gasteiger charge is 1.93. The van der Waals surface area contributed by atoms with Gasteiger partial charge in [-0.2, -0.15) is 0 Å². The maximum Gasteiger partial charge on any atom is 0.115 e. The first-order valence-corrected chi connectivity index (χ1v) is 6.96. The summed E-state index contributed by atoms with van der Waals surface area (Å²) in [5.41, 5.74) is 1.24. The number of aromatic hydroxyl groups is 1. The molecule has 0 fully saturated rings. The van der Waals surface area contributed by atoms with Crippen LogP contribution in [0.1, 0.15) is 12.0 Å². The van der Waals surface area contributed by atoms with Crippen molar-refractivity contribution in [2.75, 3.05) is 5.75 Å². The summed E-state index contributed by atoms with van der Waals surface area (Å²) in [5.74, 6) is 1.37. The Bertz CT molecular complexity index is 488. The van der Waals surface area contributed by atoms with E-state index < -0.39 is 0 Å². The maximum atomic E-state index is 9.17. The predicted molar refractivity (Wildman–Crippen MR) is 78.9 cm³/mol. The van der Waals surface area contributed by atoms with Crippen molar-refractivity contribution in [3.05, 3.63) is 66.2 Å². The van der Waals surface area contributed by atoms with Gasteiger partial charge in [0.15, 0.2) is 0 Å². The quantitative estimate of drug-likeness (QED) is 0.624. The number of hydrogen-bond donors (Lipinski definition) is 1. The predicted octanol–water partition coefficient (Wildman–Crippen LogP) is 4.59. The second-order valence-electron chi connectivity index (χ2n) is 3.94. The lowest BCUT2D eigenvalue weighted by Crippen LogP contribution is -1.77. The molecule has 2 heteroatoms. The summed E-state index contributed by atoms with van der Waals surface area (Å²) in [4.78, 5) is 1.20. The zero-order valence-electron chi connectivity index (χ0n) is 10.1. The molecule has 2 aromatic rings. The Labute approximate surface area is 112 Å². The van der Waals surface area contributed by atoms with E-state index in [4.69, 9.17) is 0 Å². The van der Waals surface area contributed by atoms with Crippen LogP contribution in [-0.4, -0.2) is 10.9 Å². The van der Waals surface area contributed by atoms with Gasteiger partial charge in [-0.3, -0.25) is 0 Å². The normalized spacial score (nSPS) is 10.9. The minimum Gasteiger partial charge on any atom is -0.508 e. The molecule has 0 radical (unpaired) electrons. The molecule has 0 saturated heterocycles. The van der Waals surface area contributed by atoms with Gasteiger partial charge in [-0.05, 0) is 36.2 Å². The molecule has 92 valence electrons. The summed E-state index contributed by atoms with van der Waals surface area (Å²) in [6, 6.07) is 17.7. The van der Waals surface area contributed by atoms with Gasteiger partial charge in [0, 0.05) is 10.6 Å². The minimum absolute atomic E-state index is 0.323. The Morgan fingerprint density at radius 3 is 2.39 bits per heavy atom. The van der Waals surface area contributed by atoms with E-state index in [0.717, 1.165) is 12.2 Å². The minimum atomic E-state index is 0.323.